The standard InChI is InChI=1S/C25H17N2O.C12H10N.Ir/c1-17-10-12-27-23(13-17)18-5-4-6-20(14-18)25-16-21-15-19(8-9-24(21)28-25)22-7-2-3-11-26-22;1-10-7-8-12(13-9-10)11-5-3-2-4-6-11;/h2-4,6-16H,1H3;2-5,7-9H,1H3;/q2*-1;. The molecule has 7 aromatic rings. The van der Waals surface area contributed by atoms with Gasteiger partial charge in [-0.1, -0.05) is 35.4 Å². The van der Waals surface area contributed by atoms with Crippen molar-refractivity contribution in [3.05, 3.63) is 151 Å². The predicted molar refractivity (Wildman–Crippen MR) is 165 cm³/mol. The second kappa shape index (κ2) is 13.3. The molecule has 0 spiro atoms. The van der Waals surface area contributed by atoms with Gasteiger partial charge in [-0.2, -0.15) is 0 Å². The zero-order chi connectivity index (χ0) is 28.0. The van der Waals surface area contributed by atoms with Gasteiger partial charge in [0.2, 0.25) is 0 Å². The summed E-state index contributed by atoms with van der Waals surface area (Å²) in [6.45, 7) is 4.10. The van der Waals surface area contributed by atoms with Crippen LogP contribution >= 0.6 is 0 Å². The van der Waals surface area contributed by atoms with Crippen LogP contribution in [-0.2, 0) is 20.1 Å². The zero-order valence-electron chi connectivity index (χ0n) is 23.2. The van der Waals surface area contributed by atoms with Crippen LogP contribution in [0.4, 0.5) is 0 Å². The van der Waals surface area contributed by atoms with Gasteiger partial charge in [0.15, 0.2) is 0 Å². The molecule has 0 aliphatic carbocycles. The Labute approximate surface area is 259 Å². The van der Waals surface area contributed by atoms with Crippen LogP contribution in [0.25, 0.3) is 56.1 Å². The molecule has 0 atom stereocenters. The minimum absolute atomic E-state index is 0. The van der Waals surface area contributed by atoms with E-state index in [1.165, 1.54) is 11.1 Å². The first-order valence-corrected chi connectivity index (χ1v) is 13.4. The number of aryl methyl sites for hydroxylation is 2. The molecule has 0 amide bonds. The summed E-state index contributed by atoms with van der Waals surface area (Å²) < 4.78 is 6.10. The third-order valence-electron chi connectivity index (χ3n) is 6.65. The summed E-state index contributed by atoms with van der Waals surface area (Å²) in [5, 5.41) is 1.06. The Hall–Kier alpha value is -4.70. The number of furan rings is 1. The Kier molecular flexibility index (Phi) is 9.13. The summed E-state index contributed by atoms with van der Waals surface area (Å²) in [5.41, 5.74) is 10.1. The third kappa shape index (κ3) is 6.77. The largest absolute Gasteiger partial charge is 0.458 e. The Morgan fingerprint density at radius 3 is 2.19 bits per heavy atom. The third-order valence-corrected chi connectivity index (χ3v) is 6.65. The van der Waals surface area contributed by atoms with E-state index in [0.717, 1.165) is 56.1 Å². The fraction of sp³-hybridized carbons (Fsp3) is 0.0541. The Morgan fingerprint density at radius 1 is 0.571 bits per heavy atom. The van der Waals surface area contributed by atoms with E-state index in [2.05, 4.69) is 64.3 Å². The number of fused-ring (bicyclic) bond motifs is 1. The maximum absolute atomic E-state index is 6.10. The van der Waals surface area contributed by atoms with Crippen molar-refractivity contribution in [2.24, 2.45) is 0 Å². The Morgan fingerprint density at radius 2 is 1.43 bits per heavy atom. The molecule has 3 aromatic carbocycles. The minimum Gasteiger partial charge on any atom is -0.458 e. The van der Waals surface area contributed by atoms with Gasteiger partial charge in [0.25, 0.3) is 0 Å². The zero-order valence-corrected chi connectivity index (χ0v) is 25.6. The summed E-state index contributed by atoms with van der Waals surface area (Å²) >= 11 is 0. The van der Waals surface area contributed by atoms with Crippen molar-refractivity contribution in [2.75, 3.05) is 0 Å². The Balaban J connectivity index is 0.000000212. The van der Waals surface area contributed by atoms with Crippen molar-refractivity contribution < 1.29 is 24.5 Å². The molecule has 0 aliphatic heterocycles. The molecule has 7 rings (SSSR count). The molecule has 1 radical (unpaired) electrons. The van der Waals surface area contributed by atoms with Gasteiger partial charge in [-0.3, -0.25) is 4.98 Å². The van der Waals surface area contributed by atoms with Crippen molar-refractivity contribution >= 4 is 11.0 Å². The fourth-order valence-corrected chi connectivity index (χ4v) is 4.51. The number of aromatic nitrogens is 3. The second-order valence-corrected chi connectivity index (χ2v) is 9.78. The average Bonchev–Trinajstić information content (AvgIpc) is 3.47. The van der Waals surface area contributed by atoms with Crippen molar-refractivity contribution in [3.8, 4) is 45.1 Å². The molecule has 0 N–H and O–H groups in total. The molecule has 0 saturated heterocycles. The van der Waals surface area contributed by atoms with Crippen LogP contribution in [0.1, 0.15) is 11.1 Å². The summed E-state index contributed by atoms with van der Waals surface area (Å²) in [6.07, 6.45) is 5.50. The van der Waals surface area contributed by atoms with Crippen LogP contribution in [0.15, 0.2) is 132 Å². The smallest absolute Gasteiger partial charge is 0.134 e. The molecule has 4 aromatic heterocycles. The number of hydrogen-bond donors (Lipinski definition) is 0. The van der Waals surface area contributed by atoms with Gasteiger partial charge >= 0.3 is 0 Å². The van der Waals surface area contributed by atoms with Gasteiger partial charge in [0, 0.05) is 49.6 Å². The maximum Gasteiger partial charge on any atom is 0.134 e. The van der Waals surface area contributed by atoms with Crippen molar-refractivity contribution in [3.63, 3.8) is 0 Å². The van der Waals surface area contributed by atoms with Crippen molar-refractivity contribution in [1.82, 2.24) is 15.0 Å². The fourth-order valence-electron chi connectivity index (χ4n) is 4.51. The van der Waals surface area contributed by atoms with Crippen molar-refractivity contribution in [2.45, 2.75) is 13.8 Å². The monoisotopic (exact) mass is 722 g/mol. The summed E-state index contributed by atoms with van der Waals surface area (Å²) in [7, 11) is 0. The van der Waals surface area contributed by atoms with E-state index in [0.29, 0.717) is 0 Å². The van der Waals surface area contributed by atoms with E-state index in [1.807, 2.05) is 104 Å². The number of hydrogen-bond acceptors (Lipinski definition) is 4. The molecule has 0 bridgehead atoms. The van der Waals surface area contributed by atoms with Crippen molar-refractivity contribution in [1.29, 1.82) is 0 Å². The number of rotatable bonds is 4. The van der Waals surface area contributed by atoms with Crippen LogP contribution in [0.5, 0.6) is 0 Å². The van der Waals surface area contributed by atoms with E-state index in [4.69, 9.17) is 4.42 Å². The van der Waals surface area contributed by atoms with E-state index in [-0.39, 0.29) is 20.1 Å². The van der Waals surface area contributed by atoms with Gasteiger partial charge in [0.1, 0.15) is 11.3 Å². The molecular weight excluding hydrogens is 695 g/mol. The van der Waals surface area contributed by atoms with Crippen LogP contribution in [0.2, 0.25) is 0 Å². The van der Waals surface area contributed by atoms with Gasteiger partial charge in [0.05, 0.1) is 5.69 Å². The number of pyridine rings is 3. The molecular formula is C37H27IrN3O-2. The Bertz CT molecular complexity index is 1900. The molecule has 0 unspecified atom stereocenters. The van der Waals surface area contributed by atoms with E-state index in [1.54, 1.807) is 0 Å². The maximum atomic E-state index is 6.10. The first kappa shape index (κ1) is 28.8. The first-order chi connectivity index (χ1) is 20.1. The molecule has 4 nitrogen and oxygen atoms in total. The van der Waals surface area contributed by atoms with Gasteiger partial charge in [-0.05, 0) is 73.3 Å². The topological polar surface area (TPSA) is 51.8 Å². The normalized spacial score (nSPS) is 10.4. The van der Waals surface area contributed by atoms with Crippen LogP contribution in [0, 0.1) is 26.0 Å². The van der Waals surface area contributed by atoms with E-state index in [9.17, 15) is 0 Å². The van der Waals surface area contributed by atoms with E-state index >= 15 is 0 Å². The molecule has 207 valence electrons. The van der Waals surface area contributed by atoms with E-state index < -0.39 is 0 Å². The van der Waals surface area contributed by atoms with Crippen LogP contribution in [0.3, 0.4) is 0 Å². The summed E-state index contributed by atoms with van der Waals surface area (Å²) in [6, 6.07) is 42.6. The molecule has 0 aliphatic rings. The summed E-state index contributed by atoms with van der Waals surface area (Å²) in [4.78, 5) is 13.2. The second-order valence-electron chi connectivity index (χ2n) is 9.78. The molecule has 42 heavy (non-hydrogen) atoms. The van der Waals surface area contributed by atoms with Gasteiger partial charge in [-0.15, -0.1) is 65.7 Å². The minimum atomic E-state index is 0. The molecule has 0 saturated carbocycles. The van der Waals surface area contributed by atoms with Crippen LogP contribution in [-0.4, -0.2) is 15.0 Å². The molecule has 0 fully saturated rings. The quantitative estimate of drug-likeness (QED) is 0.170. The molecule has 5 heteroatoms. The predicted octanol–water partition coefficient (Wildman–Crippen LogP) is 9.19. The van der Waals surface area contributed by atoms with Gasteiger partial charge < -0.3 is 14.4 Å². The van der Waals surface area contributed by atoms with Gasteiger partial charge in [-0.25, -0.2) is 0 Å². The SMILES string of the molecule is Cc1ccc(-c2[c-]cccc2)nc1.Cc1ccnc(-c2[c-]ccc(-c3cc4cc(-c5ccccn5)ccc4o3)c2)c1.[Ir]. The number of benzene rings is 3. The first-order valence-electron chi connectivity index (χ1n) is 13.4. The van der Waals surface area contributed by atoms with Crippen LogP contribution < -0.4 is 0 Å². The number of nitrogens with zero attached hydrogens (tertiary/aromatic N) is 3. The summed E-state index contributed by atoms with van der Waals surface area (Å²) in [5.74, 6) is 0.830. The molecule has 4 heterocycles. The average molecular weight is 722 g/mol.